The summed E-state index contributed by atoms with van der Waals surface area (Å²) in [4.78, 5) is 11.5. The number of carbonyl (C=O) groups excluding carboxylic acids is 1. The van der Waals surface area contributed by atoms with E-state index in [9.17, 15) is 4.79 Å². The van der Waals surface area contributed by atoms with Gasteiger partial charge in [-0.1, -0.05) is 18.2 Å². The van der Waals surface area contributed by atoms with Crippen LogP contribution in [-0.4, -0.2) is 5.97 Å². The molecule has 2 heteroatoms. The summed E-state index contributed by atoms with van der Waals surface area (Å²) in [5.74, 6) is 1.30. The maximum atomic E-state index is 11.5. The van der Waals surface area contributed by atoms with Crippen LogP contribution in [0.1, 0.15) is 12.8 Å². The number of esters is 1. The maximum absolute atomic E-state index is 11.5. The highest BCUT2D eigenvalue weighted by atomic mass is 16.5. The van der Waals surface area contributed by atoms with Crippen molar-refractivity contribution in [2.24, 2.45) is 11.3 Å². The summed E-state index contributed by atoms with van der Waals surface area (Å²) < 4.78 is 5.24. The van der Waals surface area contributed by atoms with Crippen molar-refractivity contribution in [2.75, 3.05) is 0 Å². The van der Waals surface area contributed by atoms with E-state index in [1.807, 2.05) is 30.3 Å². The van der Waals surface area contributed by atoms with Crippen molar-refractivity contribution >= 4 is 5.97 Å². The summed E-state index contributed by atoms with van der Waals surface area (Å²) in [5, 5.41) is 0. The van der Waals surface area contributed by atoms with E-state index in [1.165, 1.54) is 0 Å². The van der Waals surface area contributed by atoms with Crippen molar-refractivity contribution in [3.05, 3.63) is 30.3 Å². The fourth-order valence-electron chi connectivity index (χ4n) is 1.73. The van der Waals surface area contributed by atoms with E-state index in [4.69, 9.17) is 4.74 Å². The standard InChI is InChI=1S/C11H10O2/c12-10(11-6-8(11)7-11)13-9-4-2-1-3-5-9/h1-5,8H,6-7H2. The Balaban J connectivity index is 1.72. The van der Waals surface area contributed by atoms with Crippen molar-refractivity contribution in [1.29, 1.82) is 0 Å². The van der Waals surface area contributed by atoms with Gasteiger partial charge in [-0.15, -0.1) is 0 Å². The number of rotatable bonds is 2. The van der Waals surface area contributed by atoms with Crippen molar-refractivity contribution in [2.45, 2.75) is 12.8 Å². The van der Waals surface area contributed by atoms with Gasteiger partial charge in [-0.3, -0.25) is 4.79 Å². The van der Waals surface area contributed by atoms with Gasteiger partial charge in [0.05, 0.1) is 5.41 Å². The van der Waals surface area contributed by atoms with Gasteiger partial charge in [-0.05, 0) is 30.9 Å². The lowest BCUT2D eigenvalue weighted by Gasteiger charge is -2.04. The first-order valence-electron chi connectivity index (χ1n) is 4.59. The maximum Gasteiger partial charge on any atom is 0.317 e. The minimum atomic E-state index is -0.0319. The van der Waals surface area contributed by atoms with E-state index in [1.54, 1.807) is 0 Å². The summed E-state index contributed by atoms with van der Waals surface area (Å²) in [7, 11) is 0. The van der Waals surface area contributed by atoms with Crippen LogP contribution in [0.15, 0.2) is 30.3 Å². The monoisotopic (exact) mass is 174 g/mol. The van der Waals surface area contributed by atoms with Crippen LogP contribution in [0.4, 0.5) is 0 Å². The molecule has 0 N–H and O–H groups in total. The predicted molar refractivity (Wildman–Crippen MR) is 47.2 cm³/mol. The molecule has 2 saturated carbocycles. The minimum Gasteiger partial charge on any atom is -0.426 e. The highest BCUT2D eigenvalue weighted by molar-refractivity contribution is 5.86. The van der Waals surface area contributed by atoms with E-state index < -0.39 is 0 Å². The fourth-order valence-corrected chi connectivity index (χ4v) is 1.73. The zero-order valence-electron chi connectivity index (χ0n) is 7.19. The number of ether oxygens (including phenoxy) is 1. The van der Waals surface area contributed by atoms with Crippen LogP contribution < -0.4 is 4.74 Å². The molecular formula is C11H10O2. The lowest BCUT2D eigenvalue weighted by atomic mass is 10.2. The summed E-state index contributed by atoms with van der Waals surface area (Å²) >= 11 is 0. The molecule has 3 rings (SSSR count). The van der Waals surface area contributed by atoms with Gasteiger partial charge in [0, 0.05) is 0 Å². The Kier molecular flexibility index (Phi) is 1.17. The van der Waals surface area contributed by atoms with E-state index in [-0.39, 0.29) is 11.4 Å². The molecule has 0 heterocycles. The van der Waals surface area contributed by atoms with Gasteiger partial charge in [0.2, 0.25) is 0 Å². The van der Waals surface area contributed by atoms with Gasteiger partial charge in [0.25, 0.3) is 0 Å². The topological polar surface area (TPSA) is 26.3 Å². The van der Waals surface area contributed by atoms with Crippen LogP contribution >= 0.6 is 0 Å². The summed E-state index contributed by atoms with van der Waals surface area (Å²) in [6.45, 7) is 0. The first-order chi connectivity index (χ1) is 6.31. The molecule has 2 aliphatic rings. The molecule has 1 aromatic rings. The minimum absolute atomic E-state index is 0.0244. The van der Waals surface area contributed by atoms with Crippen LogP contribution in [0, 0.1) is 11.3 Å². The van der Waals surface area contributed by atoms with Crippen LogP contribution in [0.5, 0.6) is 5.75 Å². The number of carbonyl (C=O) groups is 1. The number of hydrogen-bond acceptors (Lipinski definition) is 2. The molecule has 0 aromatic heterocycles. The number of para-hydroxylation sites is 1. The van der Waals surface area contributed by atoms with E-state index >= 15 is 0 Å². The Labute approximate surface area is 76.5 Å². The highest BCUT2D eigenvalue weighted by Crippen LogP contribution is 2.75. The molecule has 2 fully saturated rings. The largest absolute Gasteiger partial charge is 0.426 e. The Morgan fingerprint density at radius 2 is 1.92 bits per heavy atom. The van der Waals surface area contributed by atoms with Crippen LogP contribution in [0.3, 0.4) is 0 Å². The summed E-state index contributed by atoms with van der Waals surface area (Å²) in [6.07, 6.45) is 2.11. The SMILES string of the molecule is O=C(Oc1ccccc1)C12CC1C2. The molecule has 0 atom stereocenters. The molecule has 0 aliphatic heterocycles. The molecule has 0 radical (unpaired) electrons. The third-order valence-corrected chi connectivity index (χ3v) is 3.04. The van der Waals surface area contributed by atoms with Gasteiger partial charge in [0.1, 0.15) is 5.75 Å². The van der Waals surface area contributed by atoms with Crippen molar-refractivity contribution in [3.8, 4) is 5.75 Å². The third kappa shape index (κ3) is 0.981. The average molecular weight is 174 g/mol. The molecule has 2 aliphatic carbocycles. The molecule has 0 unspecified atom stereocenters. The van der Waals surface area contributed by atoms with Crippen LogP contribution in [0.25, 0.3) is 0 Å². The second-order valence-corrected chi connectivity index (χ2v) is 3.96. The zero-order valence-corrected chi connectivity index (χ0v) is 7.19. The first-order valence-corrected chi connectivity index (χ1v) is 4.59. The molecule has 0 saturated heterocycles. The number of fused-ring (bicyclic) bond motifs is 1. The quantitative estimate of drug-likeness (QED) is 0.506. The van der Waals surface area contributed by atoms with Gasteiger partial charge >= 0.3 is 5.97 Å². The van der Waals surface area contributed by atoms with Crippen LogP contribution in [0.2, 0.25) is 0 Å². The average Bonchev–Trinajstić information content (AvgIpc) is 2.92. The normalized spacial score (nSPS) is 33.4. The Bertz CT molecular complexity index is 350. The van der Waals surface area contributed by atoms with E-state index in [0.717, 1.165) is 12.8 Å². The molecule has 13 heavy (non-hydrogen) atoms. The van der Waals surface area contributed by atoms with E-state index in [0.29, 0.717) is 11.7 Å². The summed E-state index contributed by atoms with van der Waals surface area (Å²) in [6, 6.07) is 9.28. The van der Waals surface area contributed by atoms with Crippen molar-refractivity contribution in [3.63, 3.8) is 0 Å². The van der Waals surface area contributed by atoms with Crippen molar-refractivity contribution in [1.82, 2.24) is 0 Å². The van der Waals surface area contributed by atoms with E-state index in [2.05, 4.69) is 0 Å². The van der Waals surface area contributed by atoms with Gasteiger partial charge in [-0.2, -0.15) is 0 Å². The van der Waals surface area contributed by atoms with Gasteiger partial charge in [-0.25, -0.2) is 0 Å². The summed E-state index contributed by atoms with van der Waals surface area (Å²) in [5.41, 5.74) is -0.0319. The molecular weight excluding hydrogens is 164 g/mol. The molecule has 0 spiro atoms. The smallest absolute Gasteiger partial charge is 0.317 e. The number of hydrogen-bond donors (Lipinski definition) is 0. The van der Waals surface area contributed by atoms with Crippen molar-refractivity contribution < 1.29 is 9.53 Å². The van der Waals surface area contributed by atoms with Crippen LogP contribution in [-0.2, 0) is 4.79 Å². The molecule has 0 bridgehead atoms. The lowest BCUT2D eigenvalue weighted by molar-refractivity contribution is -0.138. The number of benzene rings is 1. The Morgan fingerprint density at radius 3 is 2.46 bits per heavy atom. The predicted octanol–water partition coefficient (Wildman–Crippen LogP) is 2.00. The molecule has 0 amide bonds. The van der Waals surface area contributed by atoms with Gasteiger partial charge < -0.3 is 4.74 Å². The Morgan fingerprint density at radius 1 is 1.31 bits per heavy atom. The lowest BCUT2D eigenvalue weighted by Crippen LogP contribution is -2.14. The molecule has 1 aromatic carbocycles. The highest BCUT2D eigenvalue weighted by Gasteiger charge is 2.75. The molecule has 2 nitrogen and oxygen atoms in total. The Hall–Kier alpha value is -1.31. The third-order valence-electron chi connectivity index (χ3n) is 3.04. The second-order valence-electron chi connectivity index (χ2n) is 3.96. The fraction of sp³-hybridized carbons (Fsp3) is 0.364. The molecule has 66 valence electrons. The first kappa shape index (κ1) is 7.13. The van der Waals surface area contributed by atoms with Gasteiger partial charge in [0.15, 0.2) is 0 Å². The second kappa shape index (κ2) is 2.13. The zero-order chi connectivity index (χ0) is 8.89.